The fourth-order valence-corrected chi connectivity index (χ4v) is 5.78. The molecule has 3 fully saturated rings. The van der Waals surface area contributed by atoms with E-state index in [2.05, 4.69) is 27.1 Å². The van der Waals surface area contributed by atoms with Crippen molar-refractivity contribution in [3.63, 3.8) is 0 Å². The molecule has 31 heavy (non-hydrogen) atoms. The lowest BCUT2D eigenvalue weighted by molar-refractivity contribution is -0.162. The average molecular weight is 430 g/mol. The third-order valence-corrected chi connectivity index (χ3v) is 7.84. The Hall–Kier alpha value is -1.89. The Kier molecular flexibility index (Phi) is 6.99. The van der Waals surface area contributed by atoms with Gasteiger partial charge in [0.15, 0.2) is 0 Å². The smallest absolute Gasteiger partial charge is 0.246 e. The van der Waals surface area contributed by atoms with Crippen LogP contribution in [0.2, 0.25) is 0 Å². The fraction of sp³-hybridized carbons (Fsp3) is 0.792. The van der Waals surface area contributed by atoms with Gasteiger partial charge in [-0.25, -0.2) is 4.98 Å². The van der Waals surface area contributed by atoms with Gasteiger partial charge < -0.3 is 15.2 Å². The van der Waals surface area contributed by atoms with Crippen LogP contribution in [0.3, 0.4) is 0 Å². The second kappa shape index (κ2) is 9.72. The van der Waals surface area contributed by atoms with E-state index in [1.54, 1.807) is 6.33 Å². The van der Waals surface area contributed by atoms with Crippen molar-refractivity contribution in [2.24, 2.45) is 5.92 Å². The van der Waals surface area contributed by atoms with Crippen LogP contribution in [0.15, 0.2) is 6.33 Å². The van der Waals surface area contributed by atoms with Gasteiger partial charge in [0, 0.05) is 26.2 Å². The first-order chi connectivity index (χ1) is 15.0. The quantitative estimate of drug-likeness (QED) is 0.698. The number of aromatic amines is 1. The van der Waals surface area contributed by atoms with Gasteiger partial charge in [0.1, 0.15) is 11.6 Å². The van der Waals surface area contributed by atoms with Crippen LogP contribution >= 0.6 is 0 Å². The van der Waals surface area contributed by atoms with E-state index in [0.717, 1.165) is 50.3 Å². The summed E-state index contributed by atoms with van der Waals surface area (Å²) in [6.07, 6.45) is 12.2. The first-order valence-corrected chi connectivity index (χ1v) is 12.4. The van der Waals surface area contributed by atoms with E-state index < -0.39 is 5.54 Å². The van der Waals surface area contributed by atoms with Gasteiger partial charge >= 0.3 is 0 Å². The Morgan fingerprint density at radius 1 is 1.16 bits per heavy atom. The Bertz CT molecular complexity index is 762. The number of aromatic nitrogens is 2. The molecule has 1 aromatic heterocycles. The predicted octanol–water partition coefficient (Wildman–Crippen LogP) is 3.15. The van der Waals surface area contributed by atoms with Crippen molar-refractivity contribution in [1.29, 1.82) is 0 Å². The molecule has 4 rings (SSSR count). The maximum Gasteiger partial charge on any atom is 0.246 e. The molecule has 172 valence electrons. The van der Waals surface area contributed by atoms with Gasteiger partial charge in [-0.15, -0.1) is 0 Å². The molecule has 1 atom stereocenters. The summed E-state index contributed by atoms with van der Waals surface area (Å²) in [5.74, 6) is 0.822. The zero-order valence-corrected chi connectivity index (χ0v) is 19.3. The van der Waals surface area contributed by atoms with Gasteiger partial charge in [-0.1, -0.05) is 45.4 Å². The molecule has 1 saturated carbocycles. The lowest BCUT2D eigenvalue weighted by atomic mass is 9.79. The molecule has 0 bridgehead atoms. The van der Waals surface area contributed by atoms with E-state index in [1.165, 1.54) is 32.1 Å². The molecule has 7 nitrogen and oxygen atoms in total. The van der Waals surface area contributed by atoms with E-state index in [9.17, 15) is 9.59 Å². The number of unbranched alkanes of at least 4 members (excludes halogenated alkanes) is 1. The zero-order valence-electron chi connectivity index (χ0n) is 19.3. The second-order valence-electron chi connectivity index (χ2n) is 9.88. The van der Waals surface area contributed by atoms with E-state index in [0.29, 0.717) is 25.3 Å². The van der Waals surface area contributed by atoms with Crippen LogP contribution in [0.25, 0.3) is 0 Å². The van der Waals surface area contributed by atoms with Crippen LogP contribution in [0, 0.1) is 12.8 Å². The monoisotopic (exact) mass is 429 g/mol. The largest absolute Gasteiger partial charge is 0.347 e. The van der Waals surface area contributed by atoms with Crippen molar-refractivity contribution >= 4 is 11.8 Å². The van der Waals surface area contributed by atoms with E-state index in [4.69, 9.17) is 0 Å². The molecular weight excluding hydrogens is 390 g/mol. The molecule has 1 aliphatic carbocycles. The molecule has 3 aliphatic rings. The van der Waals surface area contributed by atoms with Crippen LogP contribution in [0.5, 0.6) is 0 Å². The Morgan fingerprint density at radius 3 is 2.55 bits per heavy atom. The van der Waals surface area contributed by atoms with Gasteiger partial charge in [-0.2, -0.15) is 0 Å². The SMILES string of the molecule is CCCCN1C(=O)C(CC2CCCCC2)NC(=O)C12CCN(Cc1[nH]cnc1C)CC2. The number of hydrogen-bond donors (Lipinski definition) is 2. The van der Waals surface area contributed by atoms with Crippen LogP contribution in [0.1, 0.15) is 82.5 Å². The number of rotatable bonds is 7. The van der Waals surface area contributed by atoms with E-state index in [-0.39, 0.29) is 17.9 Å². The molecular formula is C24H39N5O2. The second-order valence-corrected chi connectivity index (χ2v) is 9.88. The molecule has 7 heteroatoms. The number of piperidine rings is 1. The van der Waals surface area contributed by atoms with Crippen molar-refractivity contribution in [1.82, 2.24) is 25.1 Å². The normalized spacial score (nSPS) is 25.2. The summed E-state index contributed by atoms with van der Waals surface area (Å²) in [5, 5.41) is 3.19. The highest BCUT2D eigenvalue weighted by Gasteiger charge is 2.53. The van der Waals surface area contributed by atoms with Crippen LogP contribution < -0.4 is 5.32 Å². The van der Waals surface area contributed by atoms with Crippen LogP contribution in [-0.2, 0) is 16.1 Å². The molecule has 1 unspecified atom stereocenters. The zero-order chi connectivity index (χ0) is 21.8. The van der Waals surface area contributed by atoms with Gasteiger partial charge in [0.2, 0.25) is 11.8 Å². The third kappa shape index (κ3) is 4.66. The molecule has 3 heterocycles. The number of carbonyl (C=O) groups excluding carboxylic acids is 2. The molecule has 1 aromatic rings. The van der Waals surface area contributed by atoms with Gasteiger partial charge in [0.25, 0.3) is 0 Å². The molecule has 2 N–H and O–H groups in total. The lowest BCUT2D eigenvalue weighted by Gasteiger charge is -2.52. The highest BCUT2D eigenvalue weighted by atomic mass is 16.2. The fourth-order valence-electron chi connectivity index (χ4n) is 5.78. The lowest BCUT2D eigenvalue weighted by Crippen LogP contribution is -2.73. The maximum atomic E-state index is 13.6. The Morgan fingerprint density at radius 2 is 1.90 bits per heavy atom. The Labute approximate surface area is 186 Å². The number of hydrogen-bond acceptors (Lipinski definition) is 4. The average Bonchev–Trinajstić information content (AvgIpc) is 3.18. The van der Waals surface area contributed by atoms with Gasteiger partial charge in [0.05, 0.1) is 17.7 Å². The summed E-state index contributed by atoms with van der Waals surface area (Å²) in [7, 11) is 0. The maximum absolute atomic E-state index is 13.6. The number of aryl methyl sites for hydroxylation is 1. The number of carbonyl (C=O) groups is 2. The number of imidazole rings is 1. The molecule has 2 aliphatic heterocycles. The van der Waals surface area contributed by atoms with Crippen molar-refractivity contribution in [2.75, 3.05) is 19.6 Å². The number of nitrogens with zero attached hydrogens (tertiary/aromatic N) is 3. The number of H-pyrrole nitrogens is 1. The van der Waals surface area contributed by atoms with Crippen LogP contribution in [0.4, 0.5) is 0 Å². The summed E-state index contributed by atoms with van der Waals surface area (Å²) in [6, 6.07) is -0.330. The minimum atomic E-state index is -0.672. The highest BCUT2D eigenvalue weighted by molar-refractivity contribution is 6.00. The predicted molar refractivity (Wildman–Crippen MR) is 120 cm³/mol. The molecule has 1 spiro atoms. The summed E-state index contributed by atoms with van der Waals surface area (Å²) >= 11 is 0. The summed E-state index contributed by atoms with van der Waals surface area (Å²) in [6.45, 7) is 7.31. The third-order valence-electron chi connectivity index (χ3n) is 7.84. The summed E-state index contributed by atoms with van der Waals surface area (Å²) in [5.41, 5.74) is 1.49. The number of amides is 2. The topological polar surface area (TPSA) is 81.3 Å². The number of nitrogens with one attached hydrogen (secondary N) is 2. The molecule has 0 aromatic carbocycles. The van der Waals surface area contributed by atoms with Gasteiger partial charge in [-0.05, 0) is 38.5 Å². The molecule has 2 amide bonds. The standard InChI is InChI=1S/C24H39N5O2/c1-3-4-12-29-22(30)20(15-19-8-6-5-7-9-19)27-23(31)24(29)10-13-28(14-11-24)16-21-18(2)25-17-26-21/h17,19-20H,3-16H2,1-2H3,(H,25,26)(H,27,31). The van der Waals surface area contributed by atoms with Crippen molar-refractivity contribution in [2.45, 2.75) is 96.2 Å². The number of piperazine rings is 1. The first-order valence-electron chi connectivity index (χ1n) is 12.4. The molecule has 2 saturated heterocycles. The van der Waals surface area contributed by atoms with Gasteiger partial charge in [-0.3, -0.25) is 14.5 Å². The molecule has 0 radical (unpaired) electrons. The van der Waals surface area contributed by atoms with Crippen molar-refractivity contribution in [3.8, 4) is 0 Å². The van der Waals surface area contributed by atoms with E-state index in [1.807, 2.05) is 11.8 Å². The summed E-state index contributed by atoms with van der Waals surface area (Å²) in [4.78, 5) is 38.9. The Balaban J connectivity index is 1.45. The van der Waals surface area contributed by atoms with Crippen molar-refractivity contribution in [3.05, 3.63) is 17.7 Å². The highest BCUT2D eigenvalue weighted by Crippen LogP contribution is 2.36. The first kappa shape index (κ1) is 22.3. The van der Waals surface area contributed by atoms with E-state index >= 15 is 0 Å². The summed E-state index contributed by atoms with van der Waals surface area (Å²) < 4.78 is 0. The number of likely N-dealkylation sites (tertiary alicyclic amines) is 1. The minimum absolute atomic E-state index is 0.0846. The minimum Gasteiger partial charge on any atom is -0.347 e. The van der Waals surface area contributed by atoms with Crippen LogP contribution in [-0.4, -0.2) is 62.8 Å². The van der Waals surface area contributed by atoms with Crippen molar-refractivity contribution < 1.29 is 9.59 Å².